The van der Waals surface area contributed by atoms with Crippen molar-refractivity contribution in [3.8, 4) is 6.07 Å². The first-order chi connectivity index (χ1) is 9.21. The van der Waals surface area contributed by atoms with E-state index in [1.165, 1.54) is 6.20 Å². The van der Waals surface area contributed by atoms with Gasteiger partial charge in [-0.25, -0.2) is 0 Å². The lowest BCUT2D eigenvalue weighted by atomic mass is 10.2. The van der Waals surface area contributed by atoms with Gasteiger partial charge in [0.05, 0.1) is 12.7 Å². The molecule has 1 rings (SSSR count). The van der Waals surface area contributed by atoms with E-state index in [1.807, 2.05) is 13.0 Å². The predicted octanol–water partition coefficient (Wildman–Crippen LogP) is 0.0496. The number of aliphatic hydroxyl groups excluding tert-OH is 1. The van der Waals surface area contributed by atoms with E-state index in [-0.39, 0.29) is 24.3 Å². The maximum atomic E-state index is 11.8. The molecule has 0 saturated carbocycles. The standard InChI is InChI=1S/C13H21N3O3/c1-2-11(9-17)15-7-10(6-14)13(18)16-8-12-4-3-5-19-12/h7,11-12,15,17H,2-5,8-9H2,1H3,(H,16,18)/b10-7-. The predicted molar refractivity (Wildman–Crippen MR) is 70.0 cm³/mol. The molecule has 6 heteroatoms. The van der Waals surface area contributed by atoms with Crippen LogP contribution in [0.5, 0.6) is 0 Å². The second-order valence-corrected chi connectivity index (χ2v) is 4.47. The smallest absolute Gasteiger partial charge is 0.263 e. The molecule has 106 valence electrons. The third-order valence-electron chi connectivity index (χ3n) is 3.06. The summed E-state index contributed by atoms with van der Waals surface area (Å²) in [7, 11) is 0. The molecule has 1 fully saturated rings. The number of nitrogens with one attached hydrogen (secondary N) is 2. The lowest BCUT2D eigenvalue weighted by Gasteiger charge is -2.13. The normalized spacial score (nSPS) is 20.7. The summed E-state index contributed by atoms with van der Waals surface area (Å²) in [5.74, 6) is -0.418. The molecule has 0 aliphatic carbocycles. The number of carbonyl (C=O) groups excluding carboxylic acids is 1. The van der Waals surface area contributed by atoms with Crippen molar-refractivity contribution in [3.63, 3.8) is 0 Å². The van der Waals surface area contributed by atoms with E-state index in [1.54, 1.807) is 0 Å². The molecule has 1 aliphatic rings. The van der Waals surface area contributed by atoms with Crippen molar-refractivity contribution in [1.29, 1.82) is 5.26 Å². The molecule has 0 aromatic heterocycles. The first kappa shape index (κ1) is 15.5. The highest BCUT2D eigenvalue weighted by molar-refractivity contribution is 5.97. The monoisotopic (exact) mass is 267 g/mol. The number of nitriles is 1. The summed E-state index contributed by atoms with van der Waals surface area (Å²) in [5, 5.41) is 23.5. The van der Waals surface area contributed by atoms with Gasteiger partial charge in [-0.3, -0.25) is 4.79 Å². The van der Waals surface area contributed by atoms with Crippen LogP contribution in [0, 0.1) is 11.3 Å². The van der Waals surface area contributed by atoms with Gasteiger partial charge in [-0.15, -0.1) is 0 Å². The van der Waals surface area contributed by atoms with Crippen LogP contribution in [0.3, 0.4) is 0 Å². The molecular formula is C13H21N3O3. The molecule has 0 aromatic rings. The van der Waals surface area contributed by atoms with Gasteiger partial charge in [0, 0.05) is 25.4 Å². The molecule has 1 heterocycles. The Labute approximate surface area is 113 Å². The van der Waals surface area contributed by atoms with Crippen LogP contribution < -0.4 is 10.6 Å². The van der Waals surface area contributed by atoms with Gasteiger partial charge >= 0.3 is 0 Å². The van der Waals surface area contributed by atoms with E-state index in [9.17, 15) is 4.79 Å². The number of rotatable bonds is 7. The first-order valence-electron chi connectivity index (χ1n) is 6.58. The Morgan fingerprint density at radius 2 is 2.47 bits per heavy atom. The zero-order valence-corrected chi connectivity index (χ0v) is 11.2. The average Bonchev–Trinajstić information content (AvgIpc) is 2.94. The Morgan fingerprint density at radius 3 is 3.00 bits per heavy atom. The van der Waals surface area contributed by atoms with E-state index in [2.05, 4.69) is 10.6 Å². The summed E-state index contributed by atoms with van der Waals surface area (Å²) in [6.45, 7) is 3.03. The highest BCUT2D eigenvalue weighted by Gasteiger charge is 2.17. The fourth-order valence-electron chi connectivity index (χ4n) is 1.76. The van der Waals surface area contributed by atoms with Crippen LogP contribution in [-0.2, 0) is 9.53 Å². The van der Waals surface area contributed by atoms with Crippen LogP contribution in [0.15, 0.2) is 11.8 Å². The van der Waals surface area contributed by atoms with Gasteiger partial charge in [-0.2, -0.15) is 5.26 Å². The zero-order chi connectivity index (χ0) is 14.1. The molecule has 0 spiro atoms. The van der Waals surface area contributed by atoms with Crippen molar-refractivity contribution in [3.05, 3.63) is 11.8 Å². The molecule has 3 N–H and O–H groups in total. The Morgan fingerprint density at radius 1 is 1.68 bits per heavy atom. The molecule has 19 heavy (non-hydrogen) atoms. The van der Waals surface area contributed by atoms with Crippen LogP contribution in [0.1, 0.15) is 26.2 Å². The van der Waals surface area contributed by atoms with Crippen molar-refractivity contribution in [2.75, 3.05) is 19.8 Å². The van der Waals surface area contributed by atoms with Crippen molar-refractivity contribution in [2.24, 2.45) is 0 Å². The topological polar surface area (TPSA) is 94.4 Å². The molecule has 2 unspecified atom stereocenters. The Kier molecular flexibility index (Phi) is 6.93. The Hall–Kier alpha value is -1.58. The van der Waals surface area contributed by atoms with Gasteiger partial charge in [-0.05, 0) is 19.3 Å². The van der Waals surface area contributed by atoms with Crippen LogP contribution in [0.2, 0.25) is 0 Å². The molecule has 0 radical (unpaired) electrons. The number of amides is 1. The van der Waals surface area contributed by atoms with Gasteiger partial charge < -0.3 is 20.5 Å². The molecule has 0 bridgehead atoms. The number of nitrogens with zero attached hydrogens (tertiary/aromatic N) is 1. The summed E-state index contributed by atoms with van der Waals surface area (Å²) < 4.78 is 5.38. The summed E-state index contributed by atoms with van der Waals surface area (Å²) in [6, 6.07) is 1.70. The zero-order valence-electron chi connectivity index (χ0n) is 11.2. The second-order valence-electron chi connectivity index (χ2n) is 4.47. The minimum atomic E-state index is -0.418. The van der Waals surface area contributed by atoms with E-state index < -0.39 is 5.91 Å². The maximum Gasteiger partial charge on any atom is 0.263 e. The number of hydrogen-bond acceptors (Lipinski definition) is 5. The number of hydrogen-bond donors (Lipinski definition) is 3. The van der Waals surface area contributed by atoms with E-state index >= 15 is 0 Å². The minimum Gasteiger partial charge on any atom is -0.394 e. The van der Waals surface area contributed by atoms with Gasteiger partial charge in [0.2, 0.25) is 0 Å². The average molecular weight is 267 g/mol. The lowest BCUT2D eigenvalue weighted by Crippen LogP contribution is -2.34. The van der Waals surface area contributed by atoms with Crippen molar-refractivity contribution >= 4 is 5.91 Å². The maximum absolute atomic E-state index is 11.8. The molecule has 1 amide bonds. The summed E-state index contributed by atoms with van der Waals surface area (Å²) in [6.07, 6.45) is 4.07. The fourth-order valence-corrected chi connectivity index (χ4v) is 1.76. The van der Waals surface area contributed by atoms with E-state index in [4.69, 9.17) is 15.1 Å². The largest absolute Gasteiger partial charge is 0.394 e. The number of aliphatic hydroxyl groups is 1. The van der Waals surface area contributed by atoms with Gasteiger partial charge in [0.25, 0.3) is 5.91 Å². The molecule has 0 aromatic carbocycles. The third kappa shape index (κ3) is 5.28. The molecule has 6 nitrogen and oxygen atoms in total. The highest BCUT2D eigenvalue weighted by Crippen LogP contribution is 2.10. The minimum absolute atomic E-state index is 0.00453. The second kappa shape index (κ2) is 8.51. The molecular weight excluding hydrogens is 246 g/mol. The van der Waals surface area contributed by atoms with Gasteiger partial charge in [0.15, 0.2) is 0 Å². The Bertz CT molecular complexity index is 353. The van der Waals surface area contributed by atoms with E-state index in [0.717, 1.165) is 19.4 Å². The first-order valence-corrected chi connectivity index (χ1v) is 6.58. The van der Waals surface area contributed by atoms with Crippen LogP contribution in [0.25, 0.3) is 0 Å². The molecule has 1 aliphatic heterocycles. The van der Waals surface area contributed by atoms with Crippen molar-refractivity contribution in [1.82, 2.24) is 10.6 Å². The lowest BCUT2D eigenvalue weighted by molar-refractivity contribution is -0.117. The van der Waals surface area contributed by atoms with Gasteiger partial charge in [0.1, 0.15) is 11.6 Å². The highest BCUT2D eigenvalue weighted by atomic mass is 16.5. The summed E-state index contributed by atoms with van der Waals surface area (Å²) in [4.78, 5) is 11.8. The third-order valence-corrected chi connectivity index (χ3v) is 3.06. The SMILES string of the molecule is CCC(CO)N/C=C(/C#N)C(=O)NCC1CCCO1. The Balaban J connectivity index is 2.42. The number of ether oxygens (including phenoxy) is 1. The summed E-state index contributed by atoms with van der Waals surface area (Å²) in [5.41, 5.74) is 0.00453. The summed E-state index contributed by atoms with van der Waals surface area (Å²) >= 11 is 0. The molecule has 2 atom stereocenters. The van der Waals surface area contributed by atoms with Gasteiger partial charge in [-0.1, -0.05) is 6.92 Å². The fraction of sp³-hybridized carbons (Fsp3) is 0.692. The van der Waals surface area contributed by atoms with Crippen molar-refractivity contribution in [2.45, 2.75) is 38.3 Å². The van der Waals surface area contributed by atoms with E-state index in [0.29, 0.717) is 13.0 Å². The molecule has 1 saturated heterocycles. The van der Waals surface area contributed by atoms with Crippen LogP contribution >= 0.6 is 0 Å². The van der Waals surface area contributed by atoms with Crippen molar-refractivity contribution < 1.29 is 14.6 Å². The van der Waals surface area contributed by atoms with Crippen LogP contribution in [-0.4, -0.2) is 42.9 Å². The quantitative estimate of drug-likeness (QED) is 0.447. The number of carbonyl (C=O) groups is 1. The van der Waals surface area contributed by atoms with Crippen LogP contribution in [0.4, 0.5) is 0 Å².